The Morgan fingerprint density at radius 1 is 1.16 bits per heavy atom. The fourth-order valence-corrected chi connectivity index (χ4v) is 4.27. The average molecular weight is 473 g/mol. The second-order valence-corrected chi connectivity index (χ2v) is 8.73. The molecule has 11 heteroatoms. The number of benzene rings is 2. The summed E-state index contributed by atoms with van der Waals surface area (Å²) in [5.41, 5.74) is -1.12. The molecule has 0 spiro atoms. The molecule has 0 aliphatic heterocycles. The molecule has 32 heavy (non-hydrogen) atoms. The summed E-state index contributed by atoms with van der Waals surface area (Å²) >= 11 is 5.91. The van der Waals surface area contributed by atoms with Gasteiger partial charge in [-0.1, -0.05) is 11.6 Å². The maximum Gasteiger partial charge on any atom is 0.261 e. The van der Waals surface area contributed by atoms with Gasteiger partial charge in [0.25, 0.3) is 10.0 Å². The summed E-state index contributed by atoms with van der Waals surface area (Å²) < 4.78 is 56.8. The molecule has 160 valence electrons. The minimum atomic E-state index is -4.28. The Labute approximate surface area is 185 Å². The van der Waals surface area contributed by atoms with Crippen molar-refractivity contribution in [3.05, 3.63) is 88.2 Å². The highest BCUT2D eigenvalue weighted by atomic mass is 35.5. The number of pyridine rings is 1. The van der Waals surface area contributed by atoms with Crippen LogP contribution < -0.4 is 4.72 Å². The van der Waals surface area contributed by atoms with Crippen molar-refractivity contribution in [2.24, 2.45) is 0 Å². The lowest BCUT2D eigenvalue weighted by atomic mass is 10.0. The fraction of sp³-hybridized carbons (Fsp3) is 0. The van der Waals surface area contributed by atoms with Crippen LogP contribution in [0.15, 0.2) is 59.8 Å². The molecule has 0 aliphatic rings. The minimum absolute atomic E-state index is 0.0834. The monoisotopic (exact) mass is 472 g/mol. The Kier molecular flexibility index (Phi) is 5.38. The lowest BCUT2D eigenvalue weighted by Gasteiger charge is -2.12. The van der Waals surface area contributed by atoms with Crippen molar-refractivity contribution in [1.29, 1.82) is 5.26 Å². The van der Waals surface area contributed by atoms with Crippen molar-refractivity contribution in [3.63, 3.8) is 0 Å². The van der Waals surface area contributed by atoms with Gasteiger partial charge in [-0.2, -0.15) is 5.26 Å². The molecule has 0 bridgehead atoms. The Bertz CT molecular complexity index is 1530. The molecule has 0 radical (unpaired) electrons. The normalized spacial score (nSPS) is 11.3. The highest BCUT2D eigenvalue weighted by Gasteiger charge is 2.26. The van der Waals surface area contributed by atoms with E-state index in [1.54, 1.807) is 0 Å². The van der Waals surface area contributed by atoms with E-state index >= 15 is 4.39 Å². The number of fused-ring (bicyclic) bond motifs is 1. The summed E-state index contributed by atoms with van der Waals surface area (Å²) in [4.78, 5) is 19.4. The third kappa shape index (κ3) is 3.79. The molecule has 0 saturated carbocycles. The molecule has 0 amide bonds. The second kappa shape index (κ2) is 8.03. The SMILES string of the molecule is N#Cc1ccc(S(=O)(=O)Nc2ccc(F)c(C(=O)c3c[nH]c4ncc(Cl)cc34)c2F)cc1. The number of nitrogens with one attached hydrogen (secondary N) is 2. The highest BCUT2D eigenvalue weighted by Crippen LogP contribution is 2.29. The molecule has 0 aliphatic carbocycles. The number of aromatic amines is 1. The Balaban J connectivity index is 1.75. The van der Waals surface area contributed by atoms with E-state index in [1.165, 1.54) is 30.6 Å². The van der Waals surface area contributed by atoms with E-state index < -0.39 is 38.7 Å². The number of hydrogen-bond donors (Lipinski definition) is 2. The van der Waals surface area contributed by atoms with Crippen LogP contribution in [0.1, 0.15) is 21.5 Å². The van der Waals surface area contributed by atoms with E-state index in [0.717, 1.165) is 24.3 Å². The molecule has 2 N–H and O–H groups in total. The smallest absolute Gasteiger partial charge is 0.261 e. The van der Waals surface area contributed by atoms with Crippen LogP contribution in [0.25, 0.3) is 11.0 Å². The van der Waals surface area contributed by atoms with Crippen molar-refractivity contribution in [2.45, 2.75) is 4.90 Å². The van der Waals surface area contributed by atoms with Gasteiger partial charge in [0.05, 0.1) is 32.8 Å². The van der Waals surface area contributed by atoms with Gasteiger partial charge in [-0.3, -0.25) is 9.52 Å². The standard InChI is InChI=1S/C21H11ClF2N4O3S/c22-12-7-14-15(10-27-21(14)26-9-12)20(29)18-16(23)5-6-17(19(18)24)28-32(30,31)13-3-1-11(8-25)2-4-13/h1-7,9-10,28H,(H,26,27). The average Bonchev–Trinajstić information content (AvgIpc) is 3.18. The van der Waals surface area contributed by atoms with Crippen LogP contribution in [0.5, 0.6) is 0 Å². The fourth-order valence-electron chi connectivity index (χ4n) is 3.05. The van der Waals surface area contributed by atoms with Gasteiger partial charge < -0.3 is 4.98 Å². The number of halogens is 3. The number of rotatable bonds is 5. The first-order valence-corrected chi connectivity index (χ1v) is 10.8. The van der Waals surface area contributed by atoms with E-state index in [-0.39, 0.29) is 32.1 Å². The maximum atomic E-state index is 15.1. The molecule has 4 rings (SSSR count). The molecule has 0 unspecified atom stereocenters. The molecule has 2 heterocycles. The molecule has 2 aromatic heterocycles. The van der Waals surface area contributed by atoms with Gasteiger partial charge in [-0.25, -0.2) is 22.2 Å². The van der Waals surface area contributed by atoms with E-state index in [1.807, 2.05) is 10.8 Å². The number of ketones is 1. The van der Waals surface area contributed by atoms with Gasteiger partial charge in [0.1, 0.15) is 11.5 Å². The van der Waals surface area contributed by atoms with E-state index in [9.17, 15) is 17.6 Å². The Morgan fingerprint density at radius 3 is 2.56 bits per heavy atom. The first kappa shape index (κ1) is 21.4. The zero-order valence-electron chi connectivity index (χ0n) is 15.9. The van der Waals surface area contributed by atoms with Gasteiger partial charge in [0, 0.05) is 23.3 Å². The predicted molar refractivity (Wildman–Crippen MR) is 113 cm³/mol. The van der Waals surface area contributed by atoms with Crippen molar-refractivity contribution in [3.8, 4) is 6.07 Å². The van der Waals surface area contributed by atoms with Gasteiger partial charge in [-0.15, -0.1) is 0 Å². The molecule has 0 atom stereocenters. The molecular weight excluding hydrogens is 462 g/mol. The lowest BCUT2D eigenvalue weighted by Crippen LogP contribution is -2.16. The number of hydrogen-bond acceptors (Lipinski definition) is 5. The number of carbonyl (C=O) groups is 1. The second-order valence-electron chi connectivity index (χ2n) is 6.61. The zero-order valence-corrected chi connectivity index (χ0v) is 17.4. The van der Waals surface area contributed by atoms with Gasteiger partial charge in [-0.05, 0) is 42.5 Å². The molecule has 0 fully saturated rings. The molecule has 2 aromatic carbocycles. The van der Waals surface area contributed by atoms with Gasteiger partial charge in [0.2, 0.25) is 5.78 Å². The summed E-state index contributed by atoms with van der Waals surface area (Å²) in [6.45, 7) is 0. The maximum absolute atomic E-state index is 15.1. The van der Waals surface area contributed by atoms with Crippen molar-refractivity contribution in [2.75, 3.05) is 4.72 Å². The number of anilines is 1. The Hall–Kier alpha value is -3.81. The van der Waals surface area contributed by atoms with Crippen LogP contribution in [0, 0.1) is 23.0 Å². The molecule has 7 nitrogen and oxygen atoms in total. The first-order valence-electron chi connectivity index (χ1n) is 8.89. The van der Waals surface area contributed by atoms with Crippen LogP contribution in [0.2, 0.25) is 5.02 Å². The number of aromatic nitrogens is 2. The lowest BCUT2D eigenvalue weighted by molar-refractivity contribution is 0.103. The number of carbonyl (C=O) groups excluding carboxylic acids is 1. The van der Waals surface area contributed by atoms with E-state index in [2.05, 4.69) is 9.97 Å². The minimum Gasteiger partial charge on any atom is -0.345 e. The summed E-state index contributed by atoms with van der Waals surface area (Å²) in [7, 11) is -4.28. The third-order valence-corrected chi connectivity index (χ3v) is 6.19. The largest absolute Gasteiger partial charge is 0.345 e. The highest BCUT2D eigenvalue weighted by molar-refractivity contribution is 7.92. The van der Waals surface area contributed by atoms with Crippen LogP contribution >= 0.6 is 11.6 Å². The quantitative estimate of drug-likeness (QED) is 0.418. The summed E-state index contributed by atoms with van der Waals surface area (Å²) in [6.07, 6.45) is 2.58. The van der Waals surface area contributed by atoms with Crippen molar-refractivity contribution >= 4 is 44.1 Å². The number of nitriles is 1. The van der Waals surface area contributed by atoms with Crippen molar-refractivity contribution in [1.82, 2.24) is 9.97 Å². The van der Waals surface area contributed by atoms with Crippen LogP contribution in [-0.4, -0.2) is 24.2 Å². The van der Waals surface area contributed by atoms with Gasteiger partial charge >= 0.3 is 0 Å². The van der Waals surface area contributed by atoms with Crippen LogP contribution in [0.4, 0.5) is 14.5 Å². The molecular formula is C21H11ClF2N4O3S. The third-order valence-electron chi connectivity index (χ3n) is 4.60. The summed E-state index contributed by atoms with van der Waals surface area (Å²) in [5.74, 6) is -3.57. The van der Waals surface area contributed by atoms with Crippen LogP contribution in [-0.2, 0) is 10.0 Å². The topological polar surface area (TPSA) is 116 Å². The predicted octanol–water partition coefficient (Wildman–Crippen LogP) is 4.40. The number of nitrogens with zero attached hydrogens (tertiary/aromatic N) is 2. The van der Waals surface area contributed by atoms with Gasteiger partial charge in [0.15, 0.2) is 5.82 Å². The van der Waals surface area contributed by atoms with E-state index in [4.69, 9.17) is 16.9 Å². The summed E-state index contributed by atoms with van der Waals surface area (Å²) in [5, 5.41) is 9.30. The zero-order chi connectivity index (χ0) is 23.0. The van der Waals surface area contributed by atoms with E-state index in [0.29, 0.717) is 0 Å². The molecule has 0 saturated heterocycles. The van der Waals surface area contributed by atoms with Crippen LogP contribution in [0.3, 0.4) is 0 Å². The number of H-pyrrole nitrogens is 1. The number of sulfonamides is 1. The molecule has 4 aromatic rings. The summed E-state index contributed by atoms with van der Waals surface area (Å²) in [6, 6.07) is 9.81. The Morgan fingerprint density at radius 2 is 1.88 bits per heavy atom. The van der Waals surface area contributed by atoms with Crippen molar-refractivity contribution < 1.29 is 22.0 Å². The first-order chi connectivity index (χ1) is 15.2.